The van der Waals surface area contributed by atoms with Gasteiger partial charge >= 0.3 is 5.97 Å². The van der Waals surface area contributed by atoms with Crippen molar-refractivity contribution in [2.75, 3.05) is 17.6 Å². The Hall–Kier alpha value is -2.87. The average Bonchev–Trinajstić information content (AvgIpc) is 3.29. The number of hydrogen-bond donors (Lipinski definition) is 1. The van der Waals surface area contributed by atoms with Crippen LogP contribution < -0.4 is 5.32 Å². The maximum atomic E-state index is 12.5. The molecule has 1 N–H and O–H groups in total. The Morgan fingerprint density at radius 1 is 1.14 bits per heavy atom. The topological polar surface area (TPSA) is 90.1 Å². The number of rotatable bonds is 11. The second-order valence-electron chi connectivity index (χ2n) is 10.3. The van der Waals surface area contributed by atoms with E-state index in [4.69, 9.17) is 14.2 Å². The molecule has 0 aliphatic carbocycles. The molecule has 0 amide bonds. The summed E-state index contributed by atoms with van der Waals surface area (Å²) in [4.78, 5) is 23.1. The molecule has 3 aromatic rings. The van der Waals surface area contributed by atoms with Crippen LogP contribution in [0.25, 0.3) is 0 Å². The van der Waals surface area contributed by atoms with Crippen LogP contribution >= 0.6 is 11.8 Å². The van der Waals surface area contributed by atoms with E-state index in [1.807, 2.05) is 39.0 Å². The number of ether oxygens (including phenoxy) is 1. The number of aryl methyl sites for hydroxylation is 3. The number of anilines is 1. The van der Waals surface area contributed by atoms with Crippen molar-refractivity contribution >= 4 is 23.5 Å². The maximum Gasteiger partial charge on any atom is 0.306 e. The SMILES string of the molecule is CC(C)(C)OC(=O)CC(CSc1ccccc1)Cc1nc(CCCc2ccc3c(n2)NCCC3)no1. The van der Waals surface area contributed by atoms with Crippen LogP contribution in [0.15, 0.2) is 51.9 Å². The van der Waals surface area contributed by atoms with Gasteiger partial charge in [0.1, 0.15) is 11.4 Å². The lowest BCUT2D eigenvalue weighted by Gasteiger charge is -2.21. The van der Waals surface area contributed by atoms with Crippen LogP contribution in [-0.4, -0.2) is 39.0 Å². The smallest absolute Gasteiger partial charge is 0.306 e. The van der Waals surface area contributed by atoms with Gasteiger partial charge in [-0.25, -0.2) is 4.98 Å². The number of carbonyl (C=O) groups excluding carboxylic acids is 1. The van der Waals surface area contributed by atoms with Crippen LogP contribution in [0.1, 0.15) is 63.0 Å². The van der Waals surface area contributed by atoms with Gasteiger partial charge in [0.05, 0.1) is 0 Å². The Kier molecular flexibility index (Phi) is 9.02. The van der Waals surface area contributed by atoms with Crippen molar-refractivity contribution in [3.8, 4) is 0 Å². The normalized spacial score (nSPS) is 14.1. The van der Waals surface area contributed by atoms with Gasteiger partial charge in [0, 0.05) is 42.1 Å². The molecule has 0 saturated heterocycles. The zero-order valence-corrected chi connectivity index (χ0v) is 22.3. The molecule has 1 atom stereocenters. The predicted octanol–water partition coefficient (Wildman–Crippen LogP) is 5.68. The standard InChI is InChI=1S/C28H36N4O3S/c1-28(2,3)34-26(33)18-20(19-36-23-11-5-4-6-12-23)17-25-31-24(32-35-25)13-7-10-22-15-14-21-9-8-16-29-27(21)30-22/h4-6,11-12,14-15,20H,7-10,13,16-19H2,1-3H3,(H,29,30). The summed E-state index contributed by atoms with van der Waals surface area (Å²) >= 11 is 1.73. The number of fused-ring (bicyclic) bond motifs is 1. The van der Waals surface area contributed by atoms with Crippen molar-refractivity contribution in [1.82, 2.24) is 15.1 Å². The molecular weight excluding hydrogens is 472 g/mol. The van der Waals surface area contributed by atoms with E-state index < -0.39 is 5.60 Å². The van der Waals surface area contributed by atoms with Crippen LogP contribution in [0, 0.1) is 5.92 Å². The van der Waals surface area contributed by atoms with Crippen LogP contribution in [0.3, 0.4) is 0 Å². The van der Waals surface area contributed by atoms with Crippen LogP contribution in [0.5, 0.6) is 0 Å². The number of hydrogen-bond acceptors (Lipinski definition) is 8. The summed E-state index contributed by atoms with van der Waals surface area (Å²) < 4.78 is 11.1. The first kappa shape index (κ1) is 26.2. The Morgan fingerprint density at radius 3 is 2.78 bits per heavy atom. The highest BCUT2D eigenvalue weighted by Gasteiger charge is 2.23. The number of aromatic nitrogens is 3. The van der Waals surface area contributed by atoms with Gasteiger partial charge < -0.3 is 14.6 Å². The third kappa shape index (κ3) is 8.36. The molecule has 7 nitrogen and oxygen atoms in total. The third-order valence-corrected chi connectivity index (χ3v) is 7.11. The Bertz CT molecular complexity index is 1130. The largest absolute Gasteiger partial charge is 0.460 e. The van der Waals surface area contributed by atoms with E-state index in [1.165, 1.54) is 10.5 Å². The highest BCUT2D eigenvalue weighted by atomic mass is 32.2. The fraction of sp³-hybridized carbons (Fsp3) is 0.500. The van der Waals surface area contributed by atoms with Gasteiger partial charge in [0.2, 0.25) is 5.89 Å². The lowest BCUT2D eigenvalue weighted by molar-refractivity contribution is -0.155. The molecule has 192 valence electrons. The monoisotopic (exact) mass is 508 g/mol. The molecule has 0 saturated carbocycles. The number of nitrogens with one attached hydrogen (secondary N) is 1. The maximum absolute atomic E-state index is 12.5. The minimum atomic E-state index is -0.505. The summed E-state index contributed by atoms with van der Waals surface area (Å²) in [6.45, 7) is 6.66. The quantitative estimate of drug-likeness (QED) is 0.261. The first-order valence-electron chi connectivity index (χ1n) is 12.8. The van der Waals surface area contributed by atoms with Crippen molar-refractivity contribution in [2.45, 2.75) is 76.2 Å². The second kappa shape index (κ2) is 12.4. The fourth-order valence-electron chi connectivity index (χ4n) is 4.20. The van der Waals surface area contributed by atoms with Crippen LogP contribution in [0.2, 0.25) is 0 Å². The van der Waals surface area contributed by atoms with E-state index in [2.05, 4.69) is 39.7 Å². The molecule has 4 rings (SSSR count). The number of thioether (sulfide) groups is 1. The molecule has 1 aliphatic heterocycles. The Balaban J connectivity index is 1.31. The Morgan fingerprint density at radius 2 is 1.97 bits per heavy atom. The molecule has 2 aromatic heterocycles. The number of esters is 1. The molecule has 36 heavy (non-hydrogen) atoms. The number of pyridine rings is 1. The molecule has 0 fully saturated rings. The van der Waals surface area contributed by atoms with E-state index >= 15 is 0 Å². The lowest BCUT2D eigenvalue weighted by atomic mass is 10.0. The van der Waals surface area contributed by atoms with Gasteiger partial charge in [-0.3, -0.25) is 4.79 Å². The number of benzene rings is 1. The summed E-state index contributed by atoms with van der Waals surface area (Å²) in [6.07, 6.45) is 5.61. The van der Waals surface area contributed by atoms with Gasteiger partial charge in [-0.05, 0) is 76.1 Å². The van der Waals surface area contributed by atoms with Gasteiger partial charge in [0.15, 0.2) is 5.82 Å². The van der Waals surface area contributed by atoms with Gasteiger partial charge in [0.25, 0.3) is 0 Å². The fourth-order valence-corrected chi connectivity index (χ4v) is 5.21. The number of nitrogens with zero attached hydrogens (tertiary/aromatic N) is 3. The number of carbonyl (C=O) groups is 1. The summed E-state index contributed by atoms with van der Waals surface area (Å²) in [6, 6.07) is 14.5. The molecule has 8 heteroatoms. The van der Waals surface area contributed by atoms with E-state index in [1.54, 1.807) is 11.8 Å². The zero-order valence-electron chi connectivity index (χ0n) is 21.5. The van der Waals surface area contributed by atoms with E-state index in [9.17, 15) is 4.79 Å². The lowest BCUT2D eigenvalue weighted by Crippen LogP contribution is -2.26. The average molecular weight is 509 g/mol. The van der Waals surface area contributed by atoms with Crippen molar-refractivity contribution < 1.29 is 14.1 Å². The summed E-state index contributed by atoms with van der Waals surface area (Å²) in [5.74, 6) is 2.90. The molecule has 1 aromatic carbocycles. The highest BCUT2D eigenvalue weighted by Crippen LogP contribution is 2.25. The second-order valence-corrected chi connectivity index (χ2v) is 11.4. The molecular formula is C28H36N4O3S. The minimum absolute atomic E-state index is 0.0329. The Labute approximate surface area is 217 Å². The van der Waals surface area contributed by atoms with Crippen molar-refractivity contribution in [1.29, 1.82) is 0 Å². The molecule has 1 aliphatic rings. The summed E-state index contributed by atoms with van der Waals surface area (Å²) in [7, 11) is 0. The summed E-state index contributed by atoms with van der Waals surface area (Å²) in [5.41, 5.74) is 1.89. The predicted molar refractivity (Wildman–Crippen MR) is 142 cm³/mol. The van der Waals surface area contributed by atoms with Crippen molar-refractivity contribution in [3.63, 3.8) is 0 Å². The van der Waals surface area contributed by atoms with Gasteiger partial charge in [-0.2, -0.15) is 4.98 Å². The molecule has 0 bridgehead atoms. The van der Waals surface area contributed by atoms with E-state index in [-0.39, 0.29) is 11.9 Å². The van der Waals surface area contributed by atoms with Crippen LogP contribution in [-0.2, 0) is 35.2 Å². The molecule has 3 heterocycles. The van der Waals surface area contributed by atoms with E-state index in [0.717, 1.165) is 55.9 Å². The van der Waals surface area contributed by atoms with Gasteiger partial charge in [-0.15, -0.1) is 11.8 Å². The first-order chi connectivity index (χ1) is 17.3. The van der Waals surface area contributed by atoms with E-state index in [0.29, 0.717) is 24.6 Å². The van der Waals surface area contributed by atoms with Crippen molar-refractivity contribution in [3.05, 3.63) is 65.4 Å². The van der Waals surface area contributed by atoms with Crippen LogP contribution in [0.4, 0.5) is 5.82 Å². The highest BCUT2D eigenvalue weighted by molar-refractivity contribution is 7.99. The minimum Gasteiger partial charge on any atom is -0.460 e. The molecule has 1 unspecified atom stereocenters. The molecule has 0 radical (unpaired) electrons. The van der Waals surface area contributed by atoms with Crippen molar-refractivity contribution in [2.24, 2.45) is 5.92 Å². The third-order valence-electron chi connectivity index (χ3n) is 5.86. The summed E-state index contributed by atoms with van der Waals surface area (Å²) in [5, 5.41) is 7.58. The zero-order chi connectivity index (χ0) is 25.4. The van der Waals surface area contributed by atoms with Gasteiger partial charge in [-0.1, -0.05) is 29.4 Å². The first-order valence-corrected chi connectivity index (χ1v) is 13.8. The molecule has 0 spiro atoms.